The van der Waals surface area contributed by atoms with Gasteiger partial charge < -0.3 is 15.4 Å². The van der Waals surface area contributed by atoms with Crippen molar-refractivity contribution in [3.8, 4) is 5.75 Å². The minimum absolute atomic E-state index is 0.219. The van der Waals surface area contributed by atoms with E-state index >= 15 is 0 Å². The van der Waals surface area contributed by atoms with Gasteiger partial charge in [-0.05, 0) is 78.9 Å². The molecular weight excluding hydrogens is 590 g/mol. The molecule has 1 aliphatic rings. The van der Waals surface area contributed by atoms with Crippen LogP contribution in [0.3, 0.4) is 0 Å². The second kappa shape index (κ2) is 13.0. The van der Waals surface area contributed by atoms with Gasteiger partial charge in [-0.1, -0.05) is 90.1 Å². The van der Waals surface area contributed by atoms with Gasteiger partial charge in [0.2, 0.25) is 11.1 Å². The summed E-state index contributed by atoms with van der Waals surface area (Å²) in [4.78, 5) is 18.7. The lowest BCUT2D eigenvalue weighted by Gasteiger charge is -2.29. The second-order valence-electron chi connectivity index (χ2n) is 10.7. The molecule has 1 atom stereocenters. The van der Waals surface area contributed by atoms with Crippen LogP contribution in [0.4, 0.5) is 11.6 Å². The molecule has 1 aromatic heterocycles. The molecule has 0 bridgehead atoms. The minimum Gasteiger partial charge on any atom is -0.489 e. The number of allylic oxidation sites excluding steroid dienone is 1. The van der Waals surface area contributed by atoms with Crippen molar-refractivity contribution in [2.45, 2.75) is 44.3 Å². The van der Waals surface area contributed by atoms with Gasteiger partial charge in [0.15, 0.2) is 0 Å². The fraction of sp³-hybridized carbons (Fsp3) is 0.171. The first kappa shape index (κ1) is 29.5. The average Bonchev–Trinajstić information content (AvgIpc) is 3.42. The lowest BCUT2D eigenvalue weighted by atomic mass is 9.94. The monoisotopic (exact) mass is 621 g/mol. The third kappa shape index (κ3) is 6.51. The molecule has 9 heteroatoms. The Bertz CT molecular complexity index is 1870. The molecule has 5 aromatic rings. The topological polar surface area (TPSA) is 81.1 Å². The molecule has 0 saturated carbocycles. The molecule has 0 aliphatic carbocycles. The summed E-state index contributed by atoms with van der Waals surface area (Å²) in [6.07, 6.45) is 0. The first-order chi connectivity index (χ1) is 21.4. The molecule has 222 valence electrons. The Morgan fingerprint density at radius 2 is 1.73 bits per heavy atom. The number of amides is 1. The Hall–Kier alpha value is -4.53. The number of carbonyl (C=O) groups excluding carboxylic acids is 1. The SMILES string of the molecule is CC1=C(C(=O)Nc2cccc(C)c2)C(c2cccc(OCc3ccccc3C)c2)n2nc(SCc3ccccc3Cl)nc2N1. The van der Waals surface area contributed by atoms with Crippen LogP contribution >= 0.6 is 23.4 Å². The molecule has 0 spiro atoms. The number of thioether (sulfide) groups is 1. The Morgan fingerprint density at radius 1 is 0.955 bits per heavy atom. The molecule has 0 radical (unpaired) electrons. The maximum absolute atomic E-state index is 13.9. The number of anilines is 2. The summed E-state index contributed by atoms with van der Waals surface area (Å²) in [5.41, 5.74) is 7.18. The molecule has 7 nitrogen and oxygen atoms in total. The summed E-state index contributed by atoms with van der Waals surface area (Å²) in [7, 11) is 0. The van der Waals surface area contributed by atoms with Crippen LogP contribution in [0.25, 0.3) is 0 Å². The third-order valence-corrected chi connectivity index (χ3v) is 8.75. The molecule has 1 aliphatic heterocycles. The Kier molecular flexibility index (Phi) is 8.72. The van der Waals surface area contributed by atoms with Crippen molar-refractivity contribution in [2.24, 2.45) is 0 Å². The predicted octanol–water partition coefficient (Wildman–Crippen LogP) is 8.35. The van der Waals surface area contributed by atoms with E-state index in [1.165, 1.54) is 17.3 Å². The lowest BCUT2D eigenvalue weighted by molar-refractivity contribution is -0.113. The first-order valence-electron chi connectivity index (χ1n) is 14.3. The van der Waals surface area contributed by atoms with Crippen LogP contribution in [-0.4, -0.2) is 20.7 Å². The van der Waals surface area contributed by atoms with Gasteiger partial charge in [0.05, 0.1) is 5.57 Å². The number of hydrogen-bond donors (Lipinski definition) is 2. The zero-order chi connectivity index (χ0) is 30.6. The standard InChI is InChI=1S/C35H32ClN5O2S/c1-22-10-8-15-28(18-22)38-33(42)31-24(3)37-34-39-35(44-21-27-13-6-7-17-30(27)36)40-41(34)32(31)25-14-9-16-29(19-25)43-20-26-12-5-4-11-23(26)2/h4-19,32H,20-21H2,1-3H3,(H,38,42)(H,37,39,40). The molecule has 0 fully saturated rings. The number of ether oxygens (including phenoxy) is 1. The van der Waals surface area contributed by atoms with E-state index in [4.69, 9.17) is 26.4 Å². The minimum atomic E-state index is -0.541. The molecule has 2 N–H and O–H groups in total. The number of halogens is 1. The smallest absolute Gasteiger partial charge is 0.255 e. The van der Waals surface area contributed by atoms with E-state index < -0.39 is 6.04 Å². The number of benzene rings is 4. The molecule has 1 amide bonds. The van der Waals surface area contributed by atoms with Crippen LogP contribution in [0, 0.1) is 13.8 Å². The molecule has 44 heavy (non-hydrogen) atoms. The molecular formula is C35H32ClN5O2S. The lowest BCUT2D eigenvalue weighted by Crippen LogP contribution is -2.31. The zero-order valence-corrected chi connectivity index (χ0v) is 26.2. The Morgan fingerprint density at radius 3 is 2.52 bits per heavy atom. The second-order valence-corrected chi connectivity index (χ2v) is 12.1. The first-order valence-corrected chi connectivity index (χ1v) is 15.7. The summed E-state index contributed by atoms with van der Waals surface area (Å²) >= 11 is 7.89. The van der Waals surface area contributed by atoms with Gasteiger partial charge in [0.1, 0.15) is 18.4 Å². The van der Waals surface area contributed by atoms with Gasteiger partial charge in [0.25, 0.3) is 5.91 Å². The Labute approximate surface area is 266 Å². The highest BCUT2D eigenvalue weighted by molar-refractivity contribution is 7.98. The van der Waals surface area contributed by atoms with Gasteiger partial charge in [-0.25, -0.2) is 4.68 Å². The van der Waals surface area contributed by atoms with Crippen molar-refractivity contribution in [1.29, 1.82) is 0 Å². The Balaban J connectivity index is 1.34. The number of nitrogens with one attached hydrogen (secondary N) is 2. The van der Waals surface area contributed by atoms with E-state index in [2.05, 4.69) is 29.7 Å². The van der Waals surface area contributed by atoms with Gasteiger partial charge in [0, 0.05) is 22.2 Å². The van der Waals surface area contributed by atoms with Crippen LogP contribution in [0.5, 0.6) is 5.75 Å². The average molecular weight is 622 g/mol. The summed E-state index contributed by atoms with van der Waals surface area (Å²) in [5, 5.41) is 12.6. The van der Waals surface area contributed by atoms with Crippen molar-refractivity contribution in [3.63, 3.8) is 0 Å². The van der Waals surface area contributed by atoms with Crippen LogP contribution in [0.15, 0.2) is 113 Å². The highest BCUT2D eigenvalue weighted by atomic mass is 35.5. The van der Waals surface area contributed by atoms with E-state index in [1.807, 2.05) is 98.8 Å². The summed E-state index contributed by atoms with van der Waals surface area (Å²) in [6.45, 7) is 6.41. The summed E-state index contributed by atoms with van der Waals surface area (Å²) < 4.78 is 8.02. The van der Waals surface area contributed by atoms with Crippen LogP contribution in [0.2, 0.25) is 5.02 Å². The molecule has 1 unspecified atom stereocenters. The van der Waals surface area contributed by atoms with E-state index in [0.29, 0.717) is 45.5 Å². The quantitative estimate of drug-likeness (QED) is 0.161. The number of hydrogen-bond acceptors (Lipinski definition) is 6. The van der Waals surface area contributed by atoms with Gasteiger partial charge in [-0.3, -0.25) is 4.79 Å². The van der Waals surface area contributed by atoms with E-state index in [0.717, 1.165) is 27.9 Å². The summed E-state index contributed by atoms with van der Waals surface area (Å²) in [6, 6.07) is 31.0. The number of aryl methyl sites for hydroxylation is 2. The van der Waals surface area contributed by atoms with Crippen molar-refractivity contribution in [2.75, 3.05) is 10.6 Å². The molecule has 4 aromatic carbocycles. The van der Waals surface area contributed by atoms with Gasteiger partial charge in [-0.15, -0.1) is 5.10 Å². The van der Waals surface area contributed by atoms with Crippen molar-refractivity contribution < 1.29 is 9.53 Å². The predicted molar refractivity (Wildman–Crippen MR) is 177 cm³/mol. The number of fused-ring (bicyclic) bond motifs is 1. The van der Waals surface area contributed by atoms with Crippen LogP contribution < -0.4 is 15.4 Å². The maximum atomic E-state index is 13.9. The molecule has 0 saturated heterocycles. The van der Waals surface area contributed by atoms with E-state index in [-0.39, 0.29) is 5.91 Å². The number of aromatic nitrogens is 3. The fourth-order valence-corrected chi connectivity index (χ4v) is 6.30. The van der Waals surface area contributed by atoms with Gasteiger partial charge in [-0.2, -0.15) is 4.98 Å². The van der Waals surface area contributed by atoms with Gasteiger partial charge >= 0.3 is 0 Å². The maximum Gasteiger partial charge on any atom is 0.255 e. The van der Waals surface area contributed by atoms with Crippen LogP contribution in [-0.2, 0) is 17.2 Å². The highest BCUT2D eigenvalue weighted by Gasteiger charge is 2.34. The van der Waals surface area contributed by atoms with Crippen molar-refractivity contribution >= 4 is 40.9 Å². The number of carbonyl (C=O) groups is 1. The van der Waals surface area contributed by atoms with Crippen molar-refractivity contribution in [1.82, 2.24) is 14.8 Å². The summed E-state index contributed by atoms with van der Waals surface area (Å²) in [5.74, 6) is 1.66. The third-order valence-electron chi connectivity index (χ3n) is 7.50. The highest BCUT2D eigenvalue weighted by Crippen LogP contribution is 2.38. The number of nitrogens with zero attached hydrogens (tertiary/aromatic N) is 3. The van der Waals surface area contributed by atoms with E-state index in [1.54, 1.807) is 4.68 Å². The zero-order valence-electron chi connectivity index (χ0n) is 24.7. The molecule has 2 heterocycles. The largest absolute Gasteiger partial charge is 0.489 e. The number of rotatable bonds is 9. The van der Waals surface area contributed by atoms with E-state index in [9.17, 15) is 4.79 Å². The normalized spacial score (nSPS) is 14.1. The molecule has 6 rings (SSSR count). The fourth-order valence-electron chi connectivity index (χ4n) is 5.18. The van der Waals surface area contributed by atoms with Crippen molar-refractivity contribution in [3.05, 3.63) is 141 Å². The van der Waals surface area contributed by atoms with Crippen LogP contribution in [0.1, 0.15) is 40.8 Å².